The number of carbonyl (C=O) groups is 3. The minimum Gasteiger partial charge on any atom is -0.478 e. The zero-order chi connectivity index (χ0) is 46.9. The molecule has 5 aromatic carbocycles. The van der Waals surface area contributed by atoms with E-state index >= 15 is 0 Å². The SMILES string of the molecule is Cn1c(=O)c(C(=O)c2cccc(S(=O)(=O)O)c2)c2c3c(c(Nc4cc(N=c5[nH]c(Cl)nc(=Nc6ccccc6C(=O)O)[nH]5)c(S(=O)(=O)O)cc4S(=O)(=O)O)ccc31)C(=O)c1ccccc1-2. The highest BCUT2D eigenvalue weighted by Crippen LogP contribution is 2.45. The van der Waals surface area contributed by atoms with Crippen molar-refractivity contribution in [2.75, 3.05) is 5.32 Å². The highest BCUT2D eigenvalue weighted by atomic mass is 35.5. The van der Waals surface area contributed by atoms with E-state index in [1.807, 2.05) is 0 Å². The topological polar surface area (TPSA) is 338 Å². The fourth-order valence-electron chi connectivity index (χ4n) is 7.21. The van der Waals surface area contributed by atoms with Gasteiger partial charge in [-0.2, -0.15) is 30.2 Å². The molecule has 7 aromatic rings. The van der Waals surface area contributed by atoms with E-state index in [-0.39, 0.29) is 61.3 Å². The lowest BCUT2D eigenvalue weighted by molar-refractivity contribution is 0.0697. The van der Waals surface area contributed by atoms with Crippen molar-refractivity contribution in [1.82, 2.24) is 19.5 Å². The van der Waals surface area contributed by atoms with E-state index in [0.29, 0.717) is 6.07 Å². The van der Waals surface area contributed by atoms with Crippen LogP contribution in [0.1, 0.15) is 42.2 Å². The number of carboxylic acid groups (broad SMARTS) is 1. The minimum atomic E-state index is -5.40. The van der Waals surface area contributed by atoms with Crippen molar-refractivity contribution in [3.63, 3.8) is 0 Å². The van der Waals surface area contributed by atoms with Gasteiger partial charge in [0.25, 0.3) is 35.9 Å². The predicted molar refractivity (Wildman–Crippen MR) is 229 cm³/mol. The summed E-state index contributed by atoms with van der Waals surface area (Å²) in [6, 6.07) is 19.5. The molecule has 7 N–H and O–H groups in total. The van der Waals surface area contributed by atoms with Crippen LogP contribution in [0.2, 0.25) is 5.28 Å². The van der Waals surface area contributed by atoms with Gasteiger partial charge >= 0.3 is 5.97 Å². The molecule has 65 heavy (non-hydrogen) atoms. The second-order valence-corrected chi connectivity index (χ2v) is 18.5. The van der Waals surface area contributed by atoms with E-state index in [1.165, 1.54) is 79.8 Å². The van der Waals surface area contributed by atoms with Crippen LogP contribution in [0, 0.1) is 0 Å². The summed E-state index contributed by atoms with van der Waals surface area (Å²) in [4.78, 5) is 69.2. The molecule has 0 spiro atoms. The molecule has 2 heterocycles. The molecule has 21 nitrogen and oxygen atoms in total. The number of nitrogens with zero attached hydrogens (tertiary/aromatic N) is 4. The van der Waals surface area contributed by atoms with E-state index in [1.54, 1.807) is 0 Å². The molecule has 0 aliphatic heterocycles. The molecule has 8 rings (SSSR count). The second kappa shape index (κ2) is 16.0. The third kappa shape index (κ3) is 8.17. The Morgan fingerprint density at radius 3 is 2.08 bits per heavy atom. The number of benzene rings is 5. The summed E-state index contributed by atoms with van der Waals surface area (Å²) in [5.41, 5.74) is -4.51. The van der Waals surface area contributed by atoms with Crippen molar-refractivity contribution < 1.29 is 58.4 Å². The van der Waals surface area contributed by atoms with Gasteiger partial charge in [0.15, 0.2) is 11.6 Å². The number of anilines is 2. The van der Waals surface area contributed by atoms with Crippen molar-refractivity contribution in [3.8, 4) is 11.1 Å². The van der Waals surface area contributed by atoms with Crippen LogP contribution in [0.3, 0.4) is 0 Å². The molecule has 0 amide bonds. The van der Waals surface area contributed by atoms with Gasteiger partial charge in [-0.05, 0) is 65.7 Å². The first-order chi connectivity index (χ1) is 30.5. The first-order valence-corrected chi connectivity index (χ1v) is 22.9. The van der Waals surface area contributed by atoms with Crippen molar-refractivity contribution >= 4 is 93.1 Å². The van der Waals surface area contributed by atoms with Gasteiger partial charge < -0.3 is 20.0 Å². The summed E-state index contributed by atoms with van der Waals surface area (Å²) >= 11 is 6.17. The van der Waals surface area contributed by atoms with Crippen LogP contribution in [0.25, 0.3) is 22.0 Å². The number of para-hydroxylation sites is 1. The molecule has 25 heteroatoms. The molecule has 0 radical (unpaired) electrons. The number of pyridine rings is 1. The molecule has 0 saturated heterocycles. The van der Waals surface area contributed by atoms with Crippen molar-refractivity contribution in [3.05, 3.63) is 152 Å². The number of rotatable bonds is 10. The maximum absolute atomic E-state index is 14.6. The lowest BCUT2D eigenvalue weighted by atomic mass is 9.80. The fraction of sp³-hybridized carbons (Fsp3) is 0.0250. The maximum Gasteiger partial charge on any atom is 0.337 e. The van der Waals surface area contributed by atoms with Gasteiger partial charge in [0, 0.05) is 29.1 Å². The molecule has 330 valence electrons. The van der Waals surface area contributed by atoms with Gasteiger partial charge in [0.1, 0.15) is 9.79 Å². The Morgan fingerprint density at radius 1 is 0.723 bits per heavy atom. The predicted octanol–water partition coefficient (Wildman–Crippen LogP) is 4.33. The van der Waals surface area contributed by atoms with Crippen LogP contribution in [0.15, 0.2) is 127 Å². The molecule has 0 unspecified atom stereocenters. The molecule has 1 aliphatic rings. The number of aromatic amines is 2. The van der Waals surface area contributed by atoms with Crippen LogP contribution in [-0.2, 0) is 37.4 Å². The number of aryl methyl sites for hydroxylation is 1. The Bertz CT molecular complexity index is 3860. The number of aromatic nitrogens is 4. The lowest BCUT2D eigenvalue weighted by Gasteiger charge is -2.26. The molecular formula is C40H26ClN7O14S3. The Morgan fingerprint density at radius 2 is 1.40 bits per heavy atom. The normalized spacial score (nSPS) is 13.2. The van der Waals surface area contributed by atoms with Gasteiger partial charge in [0.05, 0.1) is 49.9 Å². The third-order valence-electron chi connectivity index (χ3n) is 9.99. The third-order valence-corrected chi connectivity index (χ3v) is 12.8. The van der Waals surface area contributed by atoms with E-state index in [4.69, 9.17) is 11.6 Å². The Labute approximate surface area is 369 Å². The van der Waals surface area contributed by atoms with Crippen molar-refractivity contribution in [2.24, 2.45) is 17.0 Å². The van der Waals surface area contributed by atoms with E-state index in [2.05, 4.69) is 30.3 Å². The number of hydrogen-bond acceptors (Lipinski definition) is 14. The van der Waals surface area contributed by atoms with Gasteiger partial charge in [-0.15, -0.1) is 0 Å². The first kappa shape index (κ1) is 44.2. The Kier molecular flexibility index (Phi) is 10.8. The Balaban J connectivity index is 1.39. The number of carboxylic acids is 1. The number of fused-ring (bicyclic) bond motifs is 2. The summed E-state index contributed by atoms with van der Waals surface area (Å²) in [6.45, 7) is 0. The minimum absolute atomic E-state index is 0.0145. The highest BCUT2D eigenvalue weighted by molar-refractivity contribution is 7.87. The fourth-order valence-corrected chi connectivity index (χ4v) is 9.27. The monoisotopic (exact) mass is 959 g/mol. The summed E-state index contributed by atoms with van der Waals surface area (Å²) in [5.74, 6) is -3.03. The summed E-state index contributed by atoms with van der Waals surface area (Å²) in [7, 11) is -14.3. The summed E-state index contributed by atoms with van der Waals surface area (Å²) in [5, 5.41) is 11.9. The molecule has 2 aromatic heterocycles. The van der Waals surface area contributed by atoms with E-state index in [9.17, 15) is 63.2 Å². The molecule has 0 fully saturated rings. The van der Waals surface area contributed by atoms with Gasteiger partial charge in [0.2, 0.25) is 16.5 Å². The zero-order valence-corrected chi connectivity index (χ0v) is 35.7. The van der Waals surface area contributed by atoms with E-state index in [0.717, 1.165) is 22.8 Å². The zero-order valence-electron chi connectivity index (χ0n) is 32.5. The van der Waals surface area contributed by atoms with Crippen molar-refractivity contribution in [1.29, 1.82) is 0 Å². The number of hydrogen-bond donors (Lipinski definition) is 7. The summed E-state index contributed by atoms with van der Waals surface area (Å²) in [6.07, 6.45) is 0. The molecular weight excluding hydrogens is 934 g/mol. The van der Waals surface area contributed by atoms with Crippen LogP contribution in [0.5, 0.6) is 0 Å². The number of nitrogens with one attached hydrogen (secondary N) is 3. The first-order valence-electron chi connectivity index (χ1n) is 18.2. The van der Waals surface area contributed by atoms with Crippen molar-refractivity contribution in [2.45, 2.75) is 14.7 Å². The van der Waals surface area contributed by atoms with Crippen LogP contribution in [-0.4, -0.2) is 81.1 Å². The number of halogens is 1. The average molecular weight is 960 g/mol. The van der Waals surface area contributed by atoms with Gasteiger partial charge in [-0.3, -0.25) is 33.0 Å². The maximum atomic E-state index is 14.6. The van der Waals surface area contributed by atoms with Crippen LogP contribution >= 0.6 is 11.6 Å². The Hall–Kier alpha value is -7.45. The quantitative estimate of drug-likeness (QED) is 0.0741. The molecule has 0 atom stereocenters. The number of H-pyrrole nitrogens is 2. The summed E-state index contributed by atoms with van der Waals surface area (Å²) < 4.78 is 107. The average Bonchev–Trinajstić information content (AvgIpc) is 3.23. The smallest absolute Gasteiger partial charge is 0.337 e. The molecule has 0 bridgehead atoms. The highest BCUT2D eigenvalue weighted by Gasteiger charge is 2.35. The molecule has 1 aliphatic carbocycles. The number of ketones is 2. The lowest BCUT2D eigenvalue weighted by Crippen LogP contribution is -2.29. The van der Waals surface area contributed by atoms with Crippen LogP contribution in [0.4, 0.5) is 22.7 Å². The van der Waals surface area contributed by atoms with E-state index < -0.39 is 96.0 Å². The number of aromatic carboxylic acids is 1. The standard InChI is InChI=1S/C40H26ClN7O14S3/c1-48-27-14-13-24(31-32(27)30(20-9-2-3-10-21(20)35(31)50)33(36(48)51)34(49)18-7-6-8-19(15-18)63(54,55)56)42-25-16-26(29(65(60,61)62)17-28(25)64(57,58)59)44-40-46-38(41)45-39(47-40)43-23-12-5-4-11-22(23)37(52)53/h2-17,42H,1H3,(H,52,53)(H,54,55,56)(H,57,58,59)(H,60,61,62)(H2,43,44,45,46,47). The molecule has 0 saturated carbocycles. The number of carbonyl (C=O) groups excluding carboxylic acids is 2. The second-order valence-electron chi connectivity index (χ2n) is 14.0. The largest absolute Gasteiger partial charge is 0.478 e. The van der Waals surface area contributed by atoms with Crippen LogP contribution < -0.4 is 22.1 Å². The van der Waals surface area contributed by atoms with Gasteiger partial charge in [-0.1, -0.05) is 48.5 Å². The van der Waals surface area contributed by atoms with Gasteiger partial charge in [-0.25, -0.2) is 14.8 Å².